The predicted molar refractivity (Wildman–Crippen MR) is 179 cm³/mol. The van der Waals surface area contributed by atoms with Crippen LogP contribution in [0.1, 0.15) is 59.3 Å². The van der Waals surface area contributed by atoms with Crippen molar-refractivity contribution in [3.8, 4) is 11.8 Å². The number of amides is 1. The quantitative estimate of drug-likeness (QED) is 0.170. The zero-order valence-electron chi connectivity index (χ0n) is 27.5. The van der Waals surface area contributed by atoms with Crippen LogP contribution in [0.25, 0.3) is 0 Å². The molecule has 0 radical (unpaired) electrons. The van der Waals surface area contributed by atoms with Gasteiger partial charge in [-0.25, -0.2) is 8.42 Å². The fourth-order valence-electron chi connectivity index (χ4n) is 8.57. The van der Waals surface area contributed by atoms with Crippen LogP contribution in [-0.2, 0) is 19.1 Å². The summed E-state index contributed by atoms with van der Waals surface area (Å²) >= 11 is 0. The Morgan fingerprint density at radius 2 is 1.36 bits per heavy atom. The lowest BCUT2D eigenvalue weighted by Crippen LogP contribution is -2.66. The first-order valence-electron chi connectivity index (χ1n) is 16.4. The summed E-state index contributed by atoms with van der Waals surface area (Å²) < 4.78 is 58.5. The lowest BCUT2D eigenvalue weighted by molar-refractivity contribution is -0.129. The molecule has 9 nitrogen and oxygen atoms in total. The summed E-state index contributed by atoms with van der Waals surface area (Å²) in [6.07, 6.45) is 7.49. The summed E-state index contributed by atoms with van der Waals surface area (Å²) in [7, 11) is -6.84. The second kappa shape index (κ2) is 12.9. The fourth-order valence-corrected chi connectivity index (χ4v) is 13.6. The fraction of sp³-hybridized carbons (Fsp3) is 0.514. The summed E-state index contributed by atoms with van der Waals surface area (Å²) in [6, 6.07) is 20.1. The Kier molecular flexibility index (Phi) is 9.23. The van der Waals surface area contributed by atoms with Gasteiger partial charge in [0.15, 0.2) is 6.61 Å². The first kappa shape index (κ1) is 33.5. The monoisotopic (exact) mass is 681 g/mol. The Morgan fingerprint density at radius 1 is 0.872 bits per heavy atom. The van der Waals surface area contributed by atoms with Gasteiger partial charge in [0.2, 0.25) is 15.7 Å². The van der Waals surface area contributed by atoms with Gasteiger partial charge in [-0.15, -0.1) is 0 Å². The number of hydrogen-bond donors (Lipinski definition) is 1. The van der Waals surface area contributed by atoms with Crippen LogP contribution in [0.5, 0.6) is 11.8 Å². The van der Waals surface area contributed by atoms with Crippen LogP contribution in [0, 0.1) is 23.6 Å². The number of benzene rings is 2. The van der Waals surface area contributed by atoms with E-state index in [1.807, 2.05) is 36.4 Å². The van der Waals surface area contributed by atoms with Gasteiger partial charge in [0, 0.05) is 11.8 Å². The molecule has 4 saturated carbocycles. The van der Waals surface area contributed by atoms with Gasteiger partial charge in [0.05, 0.1) is 6.61 Å². The molecule has 1 aromatic heterocycles. The Balaban J connectivity index is 1.17. The Morgan fingerprint density at radius 3 is 1.83 bits per heavy atom. The Bertz CT molecular complexity index is 1630. The molecule has 4 fully saturated rings. The van der Waals surface area contributed by atoms with E-state index in [1.54, 1.807) is 0 Å². The third kappa shape index (κ3) is 6.96. The van der Waals surface area contributed by atoms with Crippen LogP contribution in [0.15, 0.2) is 65.8 Å². The number of halogens is 1. The maximum Gasteiger partial charge on any atom is 0.261 e. The molecule has 4 aliphatic rings. The summed E-state index contributed by atoms with van der Waals surface area (Å²) in [5.74, 6) is -0.775. The zero-order valence-corrected chi connectivity index (χ0v) is 29.3. The molecule has 3 aromatic rings. The molecule has 0 unspecified atom stereocenters. The highest BCUT2D eigenvalue weighted by Gasteiger charge is 2.52. The van der Waals surface area contributed by atoms with Crippen LogP contribution >= 0.6 is 0 Å². The molecule has 0 atom stereocenters. The number of aromatic nitrogens is 2. The summed E-state index contributed by atoms with van der Waals surface area (Å²) in [5.41, 5.74) is -0.239. The van der Waals surface area contributed by atoms with E-state index in [1.165, 1.54) is 19.3 Å². The van der Waals surface area contributed by atoms with Crippen molar-refractivity contribution in [1.82, 2.24) is 15.3 Å². The number of sulfone groups is 1. The van der Waals surface area contributed by atoms with Crippen molar-refractivity contribution in [3.63, 3.8) is 0 Å². The van der Waals surface area contributed by atoms with Gasteiger partial charge in [-0.3, -0.25) is 4.79 Å². The van der Waals surface area contributed by atoms with Gasteiger partial charge in [0.1, 0.15) is 6.61 Å². The summed E-state index contributed by atoms with van der Waals surface area (Å²) in [4.78, 5) is 20.7. The highest BCUT2D eigenvalue weighted by Crippen LogP contribution is 2.55. The van der Waals surface area contributed by atoms with E-state index in [-0.39, 0.29) is 29.7 Å². The third-order valence-corrected chi connectivity index (χ3v) is 15.8. The number of nitrogens with one attached hydrogen (secondary N) is 1. The van der Waals surface area contributed by atoms with Gasteiger partial charge in [-0.05, 0) is 71.7 Å². The van der Waals surface area contributed by atoms with Crippen LogP contribution in [0.3, 0.4) is 0 Å². The molecule has 12 heteroatoms. The van der Waals surface area contributed by atoms with E-state index in [9.17, 15) is 13.2 Å². The van der Waals surface area contributed by atoms with Gasteiger partial charge in [-0.2, -0.15) is 14.4 Å². The molecule has 0 spiro atoms. The van der Waals surface area contributed by atoms with Gasteiger partial charge in [0.25, 0.3) is 31.1 Å². The molecule has 2 aromatic carbocycles. The number of rotatable bonds is 12. The highest BCUT2D eigenvalue weighted by molar-refractivity contribution is 7.90. The number of carbonyl (C=O) groups is 1. The lowest BCUT2D eigenvalue weighted by atomic mass is 9.53. The molecule has 4 aliphatic carbocycles. The standard InChI is InChI=1S/C35H44FN3O6SSi/c1-34(2,3)47(27-11-7-5-8-12-27,28-13-9-6-10-14-28)45-16-15-43-31-30(36)32(38-33(37-31)46(4,41)42)44-23-29(40)39-35-20-24-17-25(21-35)19-26(18-24)22-35/h5-14,24-26H,15-23H2,1-4H3,(H,39,40). The smallest absolute Gasteiger partial charge is 0.261 e. The van der Waals surface area contributed by atoms with Crippen LogP contribution < -0.4 is 25.2 Å². The highest BCUT2D eigenvalue weighted by atomic mass is 32.2. The van der Waals surface area contributed by atoms with Crippen molar-refractivity contribution < 1.29 is 31.5 Å². The molecule has 1 heterocycles. The predicted octanol–water partition coefficient (Wildman–Crippen LogP) is 4.44. The van der Waals surface area contributed by atoms with Crippen molar-refractivity contribution in [2.24, 2.45) is 17.8 Å². The zero-order chi connectivity index (χ0) is 33.5. The minimum atomic E-state index is -3.96. The molecule has 7 rings (SSSR count). The minimum absolute atomic E-state index is 0.0780. The lowest BCUT2D eigenvalue weighted by Gasteiger charge is -2.56. The second-order valence-electron chi connectivity index (χ2n) is 14.6. The number of nitrogens with zero attached hydrogens (tertiary/aromatic N) is 2. The van der Waals surface area contributed by atoms with E-state index >= 15 is 4.39 Å². The van der Waals surface area contributed by atoms with Crippen molar-refractivity contribution >= 4 is 34.4 Å². The van der Waals surface area contributed by atoms with E-state index in [0.29, 0.717) is 17.8 Å². The van der Waals surface area contributed by atoms with E-state index in [0.717, 1.165) is 35.9 Å². The molecule has 1 amide bonds. The van der Waals surface area contributed by atoms with Crippen LogP contribution in [-0.4, -0.2) is 64.2 Å². The Hall–Kier alpha value is -3.35. The SMILES string of the molecule is CC(C)(C)[Si](OCCOc1nc(S(C)(=O)=O)nc(OCC(=O)NC23CC4CC(CC(C4)C2)C3)c1F)(c1ccccc1)c1ccccc1. The topological polar surface area (TPSA) is 117 Å². The van der Waals surface area contributed by atoms with E-state index in [4.69, 9.17) is 13.9 Å². The van der Waals surface area contributed by atoms with Crippen molar-refractivity contribution in [3.05, 3.63) is 66.5 Å². The van der Waals surface area contributed by atoms with Gasteiger partial charge < -0.3 is 19.2 Å². The normalized spacial score (nSPS) is 23.8. The van der Waals surface area contributed by atoms with Gasteiger partial charge >= 0.3 is 0 Å². The van der Waals surface area contributed by atoms with Crippen LogP contribution in [0.4, 0.5) is 4.39 Å². The average molecular weight is 682 g/mol. The second-order valence-corrected chi connectivity index (χ2v) is 20.8. The third-order valence-electron chi connectivity index (χ3n) is 9.94. The molecule has 0 saturated heterocycles. The van der Waals surface area contributed by atoms with Crippen LogP contribution in [0.2, 0.25) is 5.04 Å². The maximum absolute atomic E-state index is 15.7. The molecule has 252 valence electrons. The molecular formula is C35H44FN3O6SSi. The van der Waals surface area contributed by atoms with Crippen molar-refractivity contribution in [1.29, 1.82) is 0 Å². The van der Waals surface area contributed by atoms with Crippen molar-refractivity contribution in [2.75, 3.05) is 26.1 Å². The molecule has 47 heavy (non-hydrogen) atoms. The largest absolute Gasteiger partial charge is 0.473 e. The summed E-state index contributed by atoms with van der Waals surface area (Å²) in [5, 5.41) is 4.40. The number of carbonyl (C=O) groups excluding carboxylic acids is 1. The average Bonchev–Trinajstić information content (AvgIpc) is 3.00. The Labute approximate surface area is 277 Å². The first-order chi connectivity index (χ1) is 22.3. The summed E-state index contributed by atoms with van der Waals surface area (Å²) in [6.45, 7) is 5.89. The molecule has 0 aliphatic heterocycles. The van der Waals surface area contributed by atoms with E-state index in [2.05, 4.69) is 60.3 Å². The van der Waals surface area contributed by atoms with E-state index < -0.39 is 47.5 Å². The first-order valence-corrected chi connectivity index (χ1v) is 20.2. The maximum atomic E-state index is 15.7. The van der Waals surface area contributed by atoms with Gasteiger partial charge in [-0.1, -0.05) is 81.4 Å². The number of hydrogen-bond acceptors (Lipinski definition) is 8. The van der Waals surface area contributed by atoms with Crippen molar-refractivity contribution in [2.45, 2.75) is 75.0 Å². The molecular weight excluding hydrogens is 638 g/mol. The molecule has 1 N–H and O–H groups in total. The molecule has 4 bridgehead atoms. The number of ether oxygens (including phenoxy) is 2. The minimum Gasteiger partial charge on any atom is -0.473 e.